The first-order chi connectivity index (χ1) is 6.11. The summed E-state index contributed by atoms with van der Waals surface area (Å²) in [6.07, 6.45) is -0.151. The fourth-order valence-electron chi connectivity index (χ4n) is 0.933. The first-order valence-electron chi connectivity index (χ1n) is 3.64. The second-order valence-corrected chi connectivity index (χ2v) is 2.50. The van der Waals surface area contributed by atoms with Crippen LogP contribution in [0.3, 0.4) is 0 Å². The van der Waals surface area contributed by atoms with Crippen LogP contribution in [0.5, 0.6) is 5.88 Å². The number of anilines is 1. The highest BCUT2D eigenvalue weighted by molar-refractivity contribution is 5.70. The van der Waals surface area contributed by atoms with Crippen molar-refractivity contribution in [2.24, 2.45) is 0 Å². The van der Waals surface area contributed by atoms with E-state index in [0.717, 1.165) is 0 Å². The van der Waals surface area contributed by atoms with Crippen LogP contribution in [0.15, 0.2) is 12.1 Å². The highest BCUT2D eigenvalue weighted by Gasteiger charge is 2.04. The van der Waals surface area contributed by atoms with Gasteiger partial charge in [0.15, 0.2) is 0 Å². The summed E-state index contributed by atoms with van der Waals surface area (Å²) < 4.78 is 4.83. The molecule has 1 aromatic heterocycles. The van der Waals surface area contributed by atoms with Crippen molar-refractivity contribution in [2.75, 3.05) is 12.8 Å². The third-order valence-electron chi connectivity index (χ3n) is 1.42. The molecular weight excluding hydrogens is 172 g/mol. The van der Waals surface area contributed by atoms with E-state index in [-0.39, 0.29) is 6.42 Å². The molecule has 0 spiro atoms. The Morgan fingerprint density at radius 1 is 1.69 bits per heavy atom. The quantitative estimate of drug-likeness (QED) is 0.702. The Morgan fingerprint density at radius 3 is 2.92 bits per heavy atom. The van der Waals surface area contributed by atoms with E-state index in [1.54, 1.807) is 0 Å². The maximum absolute atomic E-state index is 10.4. The first-order valence-corrected chi connectivity index (χ1v) is 3.64. The zero-order chi connectivity index (χ0) is 9.84. The number of carboxylic acid groups (broad SMARTS) is 1. The minimum absolute atomic E-state index is 0.151. The number of nitrogen functional groups attached to an aromatic ring is 1. The summed E-state index contributed by atoms with van der Waals surface area (Å²) in [5, 5.41) is 8.50. The topological polar surface area (TPSA) is 85.4 Å². The fourth-order valence-corrected chi connectivity index (χ4v) is 0.933. The SMILES string of the molecule is COc1cc(N)cc(CC(=O)O)n1. The van der Waals surface area contributed by atoms with Crippen molar-refractivity contribution in [2.45, 2.75) is 6.42 Å². The molecular formula is C8H10N2O3. The standard InChI is InChI=1S/C8H10N2O3/c1-13-7-3-5(9)2-6(10-7)4-8(11)12/h2-3H,4H2,1H3,(H2,9,10)(H,11,12). The second-order valence-electron chi connectivity index (χ2n) is 2.50. The lowest BCUT2D eigenvalue weighted by Gasteiger charge is -2.02. The Kier molecular flexibility index (Phi) is 2.69. The predicted octanol–water partition coefficient (Wildman–Crippen LogP) is 0.300. The second kappa shape index (κ2) is 3.75. The van der Waals surface area contributed by atoms with Crippen molar-refractivity contribution in [3.05, 3.63) is 17.8 Å². The van der Waals surface area contributed by atoms with Crippen LogP contribution in [-0.4, -0.2) is 23.2 Å². The summed E-state index contributed by atoms with van der Waals surface area (Å²) >= 11 is 0. The average Bonchev–Trinajstić information content (AvgIpc) is 2.01. The summed E-state index contributed by atoms with van der Waals surface area (Å²) in [6.45, 7) is 0. The Morgan fingerprint density at radius 2 is 2.38 bits per heavy atom. The van der Waals surface area contributed by atoms with E-state index in [9.17, 15) is 4.79 Å². The van der Waals surface area contributed by atoms with E-state index >= 15 is 0 Å². The Hall–Kier alpha value is -1.78. The zero-order valence-corrected chi connectivity index (χ0v) is 7.15. The highest BCUT2D eigenvalue weighted by atomic mass is 16.5. The molecule has 0 aliphatic heterocycles. The number of pyridine rings is 1. The molecule has 0 saturated carbocycles. The molecule has 1 rings (SSSR count). The molecule has 0 fully saturated rings. The molecule has 0 aliphatic carbocycles. The maximum atomic E-state index is 10.4. The lowest BCUT2D eigenvalue weighted by atomic mass is 10.2. The molecule has 1 heterocycles. The number of hydrogen-bond acceptors (Lipinski definition) is 4. The first kappa shape index (κ1) is 9.31. The monoisotopic (exact) mass is 182 g/mol. The number of rotatable bonds is 3. The van der Waals surface area contributed by atoms with Crippen LogP contribution in [-0.2, 0) is 11.2 Å². The van der Waals surface area contributed by atoms with Crippen LogP contribution in [0.2, 0.25) is 0 Å². The van der Waals surface area contributed by atoms with Gasteiger partial charge >= 0.3 is 5.97 Å². The molecule has 0 amide bonds. The third-order valence-corrected chi connectivity index (χ3v) is 1.42. The van der Waals surface area contributed by atoms with Gasteiger partial charge in [0.05, 0.1) is 19.2 Å². The Balaban J connectivity index is 2.94. The minimum Gasteiger partial charge on any atom is -0.481 e. The van der Waals surface area contributed by atoms with Crippen LogP contribution in [0, 0.1) is 0 Å². The van der Waals surface area contributed by atoms with Gasteiger partial charge in [-0.3, -0.25) is 4.79 Å². The molecule has 0 bridgehead atoms. The van der Waals surface area contributed by atoms with Gasteiger partial charge in [-0.2, -0.15) is 0 Å². The summed E-state index contributed by atoms with van der Waals surface area (Å²) in [4.78, 5) is 14.3. The molecule has 5 heteroatoms. The molecule has 3 N–H and O–H groups in total. The number of nitrogens with zero attached hydrogens (tertiary/aromatic N) is 1. The van der Waals surface area contributed by atoms with Gasteiger partial charge in [0.2, 0.25) is 5.88 Å². The van der Waals surface area contributed by atoms with Gasteiger partial charge in [-0.05, 0) is 6.07 Å². The number of aliphatic carboxylic acids is 1. The van der Waals surface area contributed by atoms with Crippen LogP contribution in [0.25, 0.3) is 0 Å². The van der Waals surface area contributed by atoms with Crippen molar-refractivity contribution in [3.8, 4) is 5.88 Å². The van der Waals surface area contributed by atoms with E-state index in [4.69, 9.17) is 15.6 Å². The predicted molar refractivity (Wildman–Crippen MR) is 46.5 cm³/mol. The molecule has 0 aliphatic rings. The molecule has 0 atom stereocenters. The fraction of sp³-hybridized carbons (Fsp3) is 0.250. The smallest absolute Gasteiger partial charge is 0.309 e. The Bertz CT molecular complexity index is 325. The maximum Gasteiger partial charge on any atom is 0.309 e. The minimum atomic E-state index is -0.944. The third kappa shape index (κ3) is 2.62. The van der Waals surface area contributed by atoms with E-state index < -0.39 is 5.97 Å². The van der Waals surface area contributed by atoms with Gasteiger partial charge in [0.25, 0.3) is 0 Å². The summed E-state index contributed by atoms with van der Waals surface area (Å²) in [6, 6.07) is 3.04. The molecule has 13 heavy (non-hydrogen) atoms. The van der Waals surface area contributed by atoms with Crippen LogP contribution < -0.4 is 10.5 Å². The van der Waals surface area contributed by atoms with Crippen molar-refractivity contribution >= 4 is 11.7 Å². The van der Waals surface area contributed by atoms with Crippen molar-refractivity contribution in [3.63, 3.8) is 0 Å². The van der Waals surface area contributed by atoms with Crippen LogP contribution >= 0.6 is 0 Å². The van der Waals surface area contributed by atoms with Gasteiger partial charge in [-0.25, -0.2) is 4.98 Å². The van der Waals surface area contributed by atoms with Crippen molar-refractivity contribution in [1.29, 1.82) is 0 Å². The van der Waals surface area contributed by atoms with E-state index in [1.165, 1.54) is 19.2 Å². The number of hydrogen-bond donors (Lipinski definition) is 2. The van der Waals surface area contributed by atoms with Gasteiger partial charge in [0, 0.05) is 11.8 Å². The summed E-state index contributed by atoms with van der Waals surface area (Å²) in [5.41, 5.74) is 6.34. The summed E-state index contributed by atoms with van der Waals surface area (Å²) in [5.74, 6) is -0.614. The highest BCUT2D eigenvalue weighted by Crippen LogP contribution is 2.13. The van der Waals surface area contributed by atoms with Crippen molar-refractivity contribution in [1.82, 2.24) is 4.98 Å². The van der Waals surface area contributed by atoms with Gasteiger partial charge in [0.1, 0.15) is 0 Å². The number of methoxy groups -OCH3 is 1. The van der Waals surface area contributed by atoms with E-state index in [1.807, 2.05) is 0 Å². The van der Waals surface area contributed by atoms with Crippen molar-refractivity contribution < 1.29 is 14.6 Å². The molecule has 0 saturated heterocycles. The molecule has 1 aromatic rings. The van der Waals surface area contributed by atoms with Gasteiger partial charge in [-0.15, -0.1) is 0 Å². The van der Waals surface area contributed by atoms with Crippen LogP contribution in [0.4, 0.5) is 5.69 Å². The van der Waals surface area contributed by atoms with Gasteiger partial charge in [-0.1, -0.05) is 0 Å². The Labute approximate surface area is 75.2 Å². The van der Waals surface area contributed by atoms with E-state index in [2.05, 4.69) is 4.98 Å². The summed E-state index contributed by atoms with van der Waals surface area (Å²) in [7, 11) is 1.45. The molecule has 0 unspecified atom stereocenters. The molecule has 5 nitrogen and oxygen atoms in total. The number of aromatic nitrogens is 1. The number of carbonyl (C=O) groups is 1. The zero-order valence-electron chi connectivity index (χ0n) is 7.15. The number of ether oxygens (including phenoxy) is 1. The normalized spacial score (nSPS) is 9.62. The molecule has 70 valence electrons. The largest absolute Gasteiger partial charge is 0.481 e. The lowest BCUT2D eigenvalue weighted by Crippen LogP contribution is -2.04. The average molecular weight is 182 g/mol. The van der Waals surface area contributed by atoms with Crippen LogP contribution in [0.1, 0.15) is 5.69 Å². The molecule has 0 radical (unpaired) electrons. The van der Waals surface area contributed by atoms with Gasteiger partial charge < -0.3 is 15.6 Å². The lowest BCUT2D eigenvalue weighted by molar-refractivity contribution is -0.136. The number of carboxylic acids is 1. The van der Waals surface area contributed by atoms with E-state index in [0.29, 0.717) is 17.3 Å². The molecule has 0 aromatic carbocycles. The number of nitrogens with two attached hydrogens (primary N) is 1.